The van der Waals surface area contributed by atoms with E-state index in [-0.39, 0.29) is 12.5 Å². The molecule has 2 rings (SSSR count). The highest BCUT2D eigenvalue weighted by Gasteiger charge is 2.36. The lowest BCUT2D eigenvalue weighted by atomic mass is 9.92. The highest BCUT2D eigenvalue weighted by atomic mass is 16.4. The predicted molar refractivity (Wildman–Crippen MR) is 78.4 cm³/mol. The second-order valence-electron chi connectivity index (χ2n) is 5.10. The SMILES string of the molecule is C#CCNC(=O)C(C)N1Cc2ccccc2C[C@H]1C(=O)O. The van der Waals surface area contributed by atoms with Crippen LogP contribution in [0.4, 0.5) is 0 Å². The number of hydrogen-bond donors (Lipinski definition) is 2. The molecule has 2 atom stereocenters. The fourth-order valence-electron chi connectivity index (χ4n) is 2.62. The number of benzene rings is 1. The van der Waals surface area contributed by atoms with Gasteiger partial charge in [0.05, 0.1) is 12.6 Å². The van der Waals surface area contributed by atoms with E-state index in [1.54, 1.807) is 11.8 Å². The number of carboxylic acid groups (broad SMARTS) is 1. The Hall–Kier alpha value is -2.32. The molecule has 1 aliphatic rings. The van der Waals surface area contributed by atoms with E-state index in [0.717, 1.165) is 11.1 Å². The lowest BCUT2D eigenvalue weighted by molar-refractivity contribution is -0.146. The molecule has 0 saturated carbocycles. The van der Waals surface area contributed by atoms with Crippen molar-refractivity contribution in [1.29, 1.82) is 0 Å². The molecule has 2 N–H and O–H groups in total. The third-order valence-corrected chi connectivity index (χ3v) is 3.81. The lowest BCUT2D eigenvalue weighted by Gasteiger charge is -2.37. The van der Waals surface area contributed by atoms with Crippen LogP contribution in [-0.4, -0.2) is 40.5 Å². The Labute approximate surface area is 124 Å². The minimum Gasteiger partial charge on any atom is -0.480 e. The molecule has 0 fully saturated rings. The summed E-state index contributed by atoms with van der Waals surface area (Å²) < 4.78 is 0. The number of nitrogens with one attached hydrogen (secondary N) is 1. The average molecular weight is 286 g/mol. The Bertz CT molecular complexity index is 591. The van der Waals surface area contributed by atoms with Gasteiger partial charge >= 0.3 is 5.97 Å². The summed E-state index contributed by atoms with van der Waals surface area (Å²) in [7, 11) is 0. The molecule has 0 spiro atoms. The van der Waals surface area contributed by atoms with E-state index in [4.69, 9.17) is 6.42 Å². The van der Waals surface area contributed by atoms with Gasteiger partial charge in [0.25, 0.3) is 0 Å². The third kappa shape index (κ3) is 3.23. The van der Waals surface area contributed by atoms with Crippen molar-refractivity contribution in [2.24, 2.45) is 0 Å². The van der Waals surface area contributed by atoms with Crippen LogP contribution in [0.25, 0.3) is 0 Å². The Morgan fingerprint density at radius 2 is 2.14 bits per heavy atom. The molecular weight excluding hydrogens is 268 g/mol. The first-order chi connectivity index (χ1) is 10.0. The van der Waals surface area contributed by atoms with Crippen LogP contribution in [0.5, 0.6) is 0 Å². The van der Waals surface area contributed by atoms with E-state index in [9.17, 15) is 14.7 Å². The number of nitrogens with zero attached hydrogens (tertiary/aromatic N) is 1. The smallest absolute Gasteiger partial charge is 0.321 e. The first-order valence-corrected chi connectivity index (χ1v) is 6.81. The average Bonchev–Trinajstić information content (AvgIpc) is 2.50. The van der Waals surface area contributed by atoms with Crippen LogP contribution in [0.3, 0.4) is 0 Å². The van der Waals surface area contributed by atoms with Gasteiger partial charge in [0.2, 0.25) is 5.91 Å². The fourth-order valence-corrected chi connectivity index (χ4v) is 2.62. The molecule has 0 radical (unpaired) electrons. The van der Waals surface area contributed by atoms with Crippen molar-refractivity contribution < 1.29 is 14.7 Å². The van der Waals surface area contributed by atoms with Crippen molar-refractivity contribution in [2.75, 3.05) is 6.54 Å². The molecule has 1 aliphatic heterocycles. The highest BCUT2D eigenvalue weighted by molar-refractivity contribution is 5.83. The number of fused-ring (bicyclic) bond motifs is 1. The van der Waals surface area contributed by atoms with Crippen LogP contribution in [0.15, 0.2) is 24.3 Å². The molecule has 1 amide bonds. The number of carbonyl (C=O) groups is 2. The Balaban J connectivity index is 2.22. The quantitative estimate of drug-likeness (QED) is 0.797. The first-order valence-electron chi connectivity index (χ1n) is 6.81. The van der Waals surface area contributed by atoms with Crippen molar-refractivity contribution >= 4 is 11.9 Å². The summed E-state index contributed by atoms with van der Waals surface area (Å²) in [4.78, 5) is 25.3. The van der Waals surface area contributed by atoms with Crippen LogP contribution in [0, 0.1) is 12.3 Å². The Kier molecular flexibility index (Phi) is 4.61. The molecule has 5 nitrogen and oxygen atoms in total. The number of amides is 1. The molecule has 110 valence electrons. The number of hydrogen-bond acceptors (Lipinski definition) is 3. The molecule has 0 saturated heterocycles. The summed E-state index contributed by atoms with van der Waals surface area (Å²) in [6.07, 6.45) is 5.52. The minimum absolute atomic E-state index is 0.144. The van der Waals surface area contributed by atoms with Crippen molar-refractivity contribution in [1.82, 2.24) is 10.2 Å². The molecule has 1 aromatic carbocycles. The summed E-state index contributed by atoms with van der Waals surface area (Å²) in [5.74, 6) is 1.17. The van der Waals surface area contributed by atoms with E-state index < -0.39 is 18.1 Å². The van der Waals surface area contributed by atoms with Crippen molar-refractivity contribution in [3.63, 3.8) is 0 Å². The number of rotatable bonds is 4. The van der Waals surface area contributed by atoms with Gasteiger partial charge in [0.1, 0.15) is 6.04 Å². The molecule has 0 aromatic heterocycles. The monoisotopic (exact) mass is 286 g/mol. The second-order valence-corrected chi connectivity index (χ2v) is 5.10. The molecule has 1 unspecified atom stereocenters. The number of carboxylic acids is 1. The number of aliphatic carboxylic acids is 1. The molecule has 0 aliphatic carbocycles. The minimum atomic E-state index is -0.916. The zero-order valence-corrected chi connectivity index (χ0v) is 11.9. The molecule has 21 heavy (non-hydrogen) atoms. The largest absolute Gasteiger partial charge is 0.480 e. The van der Waals surface area contributed by atoms with Crippen LogP contribution >= 0.6 is 0 Å². The van der Waals surface area contributed by atoms with E-state index in [0.29, 0.717) is 13.0 Å². The molecule has 0 bridgehead atoms. The molecule has 5 heteroatoms. The van der Waals surface area contributed by atoms with Crippen LogP contribution in [0.1, 0.15) is 18.1 Å². The van der Waals surface area contributed by atoms with Gasteiger partial charge < -0.3 is 10.4 Å². The van der Waals surface area contributed by atoms with Gasteiger partial charge in [-0.2, -0.15) is 0 Å². The van der Waals surface area contributed by atoms with Gasteiger partial charge in [0.15, 0.2) is 0 Å². The predicted octanol–water partition coefficient (Wildman–Crippen LogP) is 0.636. The fraction of sp³-hybridized carbons (Fsp3) is 0.375. The highest BCUT2D eigenvalue weighted by Crippen LogP contribution is 2.25. The molecule has 1 aromatic rings. The Morgan fingerprint density at radius 3 is 2.76 bits per heavy atom. The van der Waals surface area contributed by atoms with Gasteiger partial charge in [0, 0.05) is 6.54 Å². The van der Waals surface area contributed by atoms with Gasteiger partial charge in [-0.05, 0) is 24.5 Å². The van der Waals surface area contributed by atoms with Gasteiger partial charge in [-0.1, -0.05) is 30.2 Å². The van der Waals surface area contributed by atoms with E-state index in [2.05, 4.69) is 11.2 Å². The summed E-state index contributed by atoms with van der Waals surface area (Å²) in [5, 5.41) is 12.0. The summed E-state index contributed by atoms with van der Waals surface area (Å²) in [6, 6.07) is 6.47. The summed E-state index contributed by atoms with van der Waals surface area (Å²) >= 11 is 0. The maximum atomic E-state index is 12.0. The maximum absolute atomic E-state index is 12.0. The maximum Gasteiger partial charge on any atom is 0.321 e. The topological polar surface area (TPSA) is 69.6 Å². The van der Waals surface area contributed by atoms with Crippen LogP contribution < -0.4 is 5.32 Å². The van der Waals surface area contributed by atoms with Gasteiger partial charge in [-0.25, -0.2) is 0 Å². The lowest BCUT2D eigenvalue weighted by Crippen LogP contribution is -2.54. The van der Waals surface area contributed by atoms with E-state index in [1.165, 1.54) is 0 Å². The van der Waals surface area contributed by atoms with Crippen molar-refractivity contribution in [3.05, 3.63) is 35.4 Å². The summed E-state index contributed by atoms with van der Waals surface area (Å²) in [6.45, 7) is 2.29. The second kappa shape index (κ2) is 6.42. The zero-order chi connectivity index (χ0) is 15.4. The van der Waals surface area contributed by atoms with Gasteiger partial charge in [-0.15, -0.1) is 6.42 Å². The normalized spacial score (nSPS) is 19.1. The van der Waals surface area contributed by atoms with Crippen molar-refractivity contribution in [3.8, 4) is 12.3 Å². The standard InChI is InChI=1S/C16H18N2O3/c1-3-8-17-15(19)11(2)18-10-13-7-5-4-6-12(13)9-14(18)16(20)21/h1,4-7,11,14H,8-10H2,2H3,(H,17,19)(H,20,21)/t11?,14-/m0/s1. The van der Waals surface area contributed by atoms with Crippen molar-refractivity contribution in [2.45, 2.75) is 32.0 Å². The van der Waals surface area contributed by atoms with Crippen LogP contribution in [-0.2, 0) is 22.6 Å². The molecular formula is C16H18N2O3. The van der Waals surface area contributed by atoms with Gasteiger partial charge in [-0.3, -0.25) is 14.5 Å². The third-order valence-electron chi connectivity index (χ3n) is 3.81. The van der Waals surface area contributed by atoms with E-state index in [1.807, 2.05) is 24.3 Å². The summed E-state index contributed by atoms with van der Waals surface area (Å²) in [5.41, 5.74) is 2.09. The van der Waals surface area contributed by atoms with E-state index >= 15 is 0 Å². The first kappa shape index (κ1) is 15.1. The Morgan fingerprint density at radius 1 is 1.48 bits per heavy atom. The number of carbonyl (C=O) groups excluding carboxylic acids is 1. The zero-order valence-electron chi connectivity index (χ0n) is 11.9. The van der Waals surface area contributed by atoms with Crippen LogP contribution in [0.2, 0.25) is 0 Å². The number of terminal acetylenes is 1. The molecule has 1 heterocycles.